The maximum Gasteiger partial charge on any atom is -0.00264 e. The smallest absolute Gasteiger partial charge is 0.00264 e. The molecule has 0 saturated carbocycles. The van der Waals surface area contributed by atoms with Crippen LogP contribution in [0.1, 0.15) is 0 Å². The summed E-state index contributed by atoms with van der Waals surface area (Å²) in [7, 11) is 0. The predicted octanol–water partition coefficient (Wildman–Crippen LogP) is 17.5. The molecule has 0 radical (unpaired) electrons. The van der Waals surface area contributed by atoms with Gasteiger partial charge >= 0.3 is 0 Å². The Bertz CT molecular complexity index is 3280. The molecule has 0 saturated heterocycles. The van der Waals surface area contributed by atoms with Crippen LogP contribution in [-0.2, 0) is 0 Å². The summed E-state index contributed by atoms with van der Waals surface area (Å²) < 4.78 is 0. The van der Waals surface area contributed by atoms with Gasteiger partial charge in [0.1, 0.15) is 0 Å². The summed E-state index contributed by atoms with van der Waals surface area (Å²) in [6.07, 6.45) is 0. The van der Waals surface area contributed by atoms with E-state index in [1.807, 2.05) is 0 Å². The molecule has 0 heteroatoms. The minimum Gasteiger partial charge on any atom is -0.0622 e. The molecule has 0 nitrogen and oxygen atoms in total. The lowest BCUT2D eigenvalue weighted by atomic mass is 9.85. The van der Waals surface area contributed by atoms with Crippen molar-refractivity contribution < 1.29 is 0 Å². The third kappa shape index (κ3) is 5.84. The Kier molecular flexibility index (Phi) is 8.61. The molecule has 0 aliphatic rings. The van der Waals surface area contributed by atoms with Crippen LogP contribution in [0, 0.1) is 0 Å². The first-order valence-electron chi connectivity index (χ1n) is 21.5. The van der Waals surface area contributed by atoms with Crippen molar-refractivity contribution in [1.82, 2.24) is 0 Å². The van der Waals surface area contributed by atoms with Crippen molar-refractivity contribution in [3.8, 4) is 66.8 Å². The Balaban J connectivity index is 0.938. The van der Waals surface area contributed by atoms with Gasteiger partial charge in [0.05, 0.1) is 0 Å². The van der Waals surface area contributed by atoms with E-state index < -0.39 is 0 Å². The average Bonchev–Trinajstić information content (AvgIpc) is 3.35. The Labute approximate surface area is 361 Å². The second-order valence-corrected chi connectivity index (χ2v) is 16.3. The molecule has 12 aromatic rings. The summed E-state index contributed by atoms with van der Waals surface area (Å²) in [5.74, 6) is 0. The molecule has 288 valence electrons. The third-order valence-electron chi connectivity index (χ3n) is 12.9. The molecule has 0 atom stereocenters. The molecule has 0 aliphatic heterocycles. The first-order chi connectivity index (χ1) is 30.8. The molecule has 0 N–H and O–H groups in total. The number of hydrogen-bond donors (Lipinski definition) is 0. The first-order valence-corrected chi connectivity index (χ1v) is 21.5. The lowest BCUT2D eigenvalue weighted by molar-refractivity contribution is 1.61. The van der Waals surface area contributed by atoms with Crippen molar-refractivity contribution in [2.24, 2.45) is 0 Å². The van der Waals surface area contributed by atoms with E-state index in [1.165, 1.54) is 121 Å². The van der Waals surface area contributed by atoms with Crippen LogP contribution >= 0.6 is 0 Å². The van der Waals surface area contributed by atoms with Crippen LogP contribution in [0.4, 0.5) is 0 Å². The van der Waals surface area contributed by atoms with Gasteiger partial charge in [-0.05, 0) is 121 Å². The highest BCUT2D eigenvalue weighted by molar-refractivity contribution is 6.23. The van der Waals surface area contributed by atoms with Crippen LogP contribution in [0.3, 0.4) is 0 Å². The highest BCUT2D eigenvalue weighted by Gasteiger charge is 2.19. The molecule has 0 aliphatic carbocycles. The van der Waals surface area contributed by atoms with Gasteiger partial charge in [-0.3, -0.25) is 0 Å². The van der Waals surface area contributed by atoms with Gasteiger partial charge in [-0.2, -0.15) is 0 Å². The van der Waals surface area contributed by atoms with E-state index >= 15 is 0 Å². The fraction of sp³-hybridized carbons (Fsp3) is 0. The van der Waals surface area contributed by atoms with Crippen LogP contribution in [0.25, 0.3) is 121 Å². The molecule has 0 amide bonds. The maximum absolute atomic E-state index is 2.31. The fourth-order valence-electron chi connectivity index (χ4n) is 10.1. The number of benzene rings is 12. The zero-order valence-electron chi connectivity index (χ0n) is 34.1. The van der Waals surface area contributed by atoms with Crippen molar-refractivity contribution in [3.05, 3.63) is 243 Å². The number of rotatable bonds is 6. The Morgan fingerprint density at radius 1 is 0.129 bits per heavy atom. The van der Waals surface area contributed by atoms with E-state index in [9.17, 15) is 0 Å². The standard InChI is InChI=1S/C62H40/c1-3-17-43(18-4-1)59-51-23-9-13-27-55(51)61(56-28-14-10-24-52(56)59)45-35-31-41(32-36-45)47-39-40-48(50-22-8-7-21-49(47)50)42-33-37-46(38-34-42)62-57-29-15-11-25-53(57)60(44-19-5-2-6-20-44)54-26-12-16-30-58(54)62/h1-40H. The molecule has 0 heterocycles. The number of fused-ring (bicyclic) bond motifs is 5. The summed E-state index contributed by atoms with van der Waals surface area (Å²) in [6.45, 7) is 0. The van der Waals surface area contributed by atoms with Gasteiger partial charge < -0.3 is 0 Å². The Hall–Kier alpha value is -8.06. The predicted molar refractivity (Wildman–Crippen MR) is 267 cm³/mol. The minimum atomic E-state index is 1.21. The molecule has 0 unspecified atom stereocenters. The molecule has 12 aromatic carbocycles. The van der Waals surface area contributed by atoms with Crippen LogP contribution in [0.2, 0.25) is 0 Å². The van der Waals surface area contributed by atoms with Crippen LogP contribution in [0.15, 0.2) is 243 Å². The van der Waals surface area contributed by atoms with Crippen molar-refractivity contribution >= 4 is 53.9 Å². The second-order valence-electron chi connectivity index (χ2n) is 16.3. The Morgan fingerprint density at radius 2 is 0.323 bits per heavy atom. The zero-order chi connectivity index (χ0) is 41.0. The van der Waals surface area contributed by atoms with E-state index in [2.05, 4.69) is 243 Å². The maximum atomic E-state index is 2.31. The lowest BCUT2D eigenvalue weighted by Gasteiger charge is -2.18. The van der Waals surface area contributed by atoms with E-state index in [0.29, 0.717) is 0 Å². The minimum absolute atomic E-state index is 1.21. The highest BCUT2D eigenvalue weighted by atomic mass is 14.2. The topological polar surface area (TPSA) is 0 Å². The van der Waals surface area contributed by atoms with Gasteiger partial charge in [-0.25, -0.2) is 0 Å². The van der Waals surface area contributed by atoms with Gasteiger partial charge in [0, 0.05) is 0 Å². The van der Waals surface area contributed by atoms with Crippen molar-refractivity contribution in [2.75, 3.05) is 0 Å². The normalized spacial score (nSPS) is 11.5. The van der Waals surface area contributed by atoms with Crippen LogP contribution < -0.4 is 0 Å². The lowest BCUT2D eigenvalue weighted by Crippen LogP contribution is -1.91. The van der Waals surface area contributed by atoms with Gasteiger partial charge in [-0.15, -0.1) is 0 Å². The van der Waals surface area contributed by atoms with Gasteiger partial charge in [0.25, 0.3) is 0 Å². The second kappa shape index (κ2) is 14.9. The largest absolute Gasteiger partial charge is 0.0622 e. The molecular weight excluding hydrogens is 745 g/mol. The van der Waals surface area contributed by atoms with Gasteiger partial charge in [0.2, 0.25) is 0 Å². The summed E-state index contributed by atoms with van der Waals surface area (Å²) in [4.78, 5) is 0. The van der Waals surface area contributed by atoms with Crippen LogP contribution in [-0.4, -0.2) is 0 Å². The first kappa shape index (κ1) is 35.8. The van der Waals surface area contributed by atoms with Crippen molar-refractivity contribution in [3.63, 3.8) is 0 Å². The molecule has 62 heavy (non-hydrogen) atoms. The highest BCUT2D eigenvalue weighted by Crippen LogP contribution is 2.46. The van der Waals surface area contributed by atoms with Crippen LogP contribution in [0.5, 0.6) is 0 Å². The number of hydrogen-bond acceptors (Lipinski definition) is 0. The quantitative estimate of drug-likeness (QED) is 0.147. The summed E-state index contributed by atoms with van der Waals surface area (Å²) in [6, 6.07) is 89.1. The molecule has 0 aromatic heterocycles. The monoisotopic (exact) mass is 784 g/mol. The van der Waals surface area contributed by atoms with Crippen molar-refractivity contribution in [1.29, 1.82) is 0 Å². The molecule has 0 fully saturated rings. The average molecular weight is 785 g/mol. The van der Waals surface area contributed by atoms with E-state index in [1.54, 1.807) is 0 Å². The molecule has 12 rings (SSSR count). The van der Waals surface area contributed by atoms with Crippen molar-refractivity contribution in [2.45, 2.75) is 0 Å². The third-order valence-corrected chi connectivity index (χ3v) is 12.9. The van der Waals surface area contributed by atoms with Gasteiger partial charge in [0.15, 0.2) is 0 Å². The Morgan fingerprint density at radius 3 is 0.581 bits per heavy atom. The molecular formula is C62H40. The van der Waals surface area contributed by atoms with E-state index in [-0.39, 0.29) is 0 Å². The van der Waals surface area contributed by atoms with E-state index in [0.717, 1.165) is 0 Å². The molecule has 0 bridgehead atoms. The SMILES string of the molecule is c1ccc(-c2c3ccccc3c(-c3ccc(-c4ccc(-c5ccc(-c6c7ccccc7c(-c7ccccc7)c7ccccc67)cc5)c5ccccc45)cc3)c3ccccc23)cc1. The molecule has 0 spiro atoms. The zero-order valence-corrected chi connectivity index (χ0v) is 34.1. The fourth-order valence-corrected chi connectivity index (χ4v) is 10.1. The van der Waals surface area contributed by atoms with E-state index in [4.69, 9.17) is 0 Å². The summed E-state index contributed by atoms with van der Waals surface area (Å²) >= 11 is 0. The van der Waals surface area contributed by atoms with Gasteiger partial charge in [-0.1, -0.05) is 243 Å². The summed E-state index contributed by atoms with van der Waals surface area (Å²) in [5.41, 5.74) is 14.9. The summed E-state index contributed by atoms with van der Waals surface area (Å²) in [5, 5.41) is 12.7.